The van der Waals surface area contributed by atoms with Crippen molar-refractivity contribution in [2.45, 2.75) is 32.4 Å². The first-order valence-electron chi connectivity index (χ1n) is 8.50. The number of methoxy groups -OCH3 is 1. The molecule has 0 aliphatic rings. The van der Waals surface area contributed by atoms with Gasteiger partial charge in [-0.15, -0.1) is 0 Å². The van der Waals surface area contributed by atoms with Crippen LogP contribution < -0.4 is 20.5 Å². The van der Waals surface area contributed by atoms with Crippen LogP contribution >= 0.6 is 0 Å². The van der Waals surface area contributed by atoms with Gasteiger partial charge >= 0.3 is 0 Å². The first-order valence-corrected chi connectivity index (χ1v) is 8.50. The van der Waals surface area contributed by atoms with Crippen molar-refractivity contribution in [3.05, 3.63) is 59.7 Å². The number of hydrogen-bond acceptors (Lipinski definition) is 4. The van der Waals surface area contributed by atoms with E-state index < -0.39 is 5.91 Å². The van der Waals surface area contributed by atoms with E-state index in [9.17, 15) is 4.79 Å². The Morgan fingerprint density at radius 2 is 1.92 bits per heavy atom. The van der Waals surface area contributed by atoms with Crippen molar-refractivity contribution < 1.29 is 14.3 Å². The molecule has 2 aromatic carbocycles. The molecular formula is C20H26N2O3. The highest BCUT2D eigenvalue weighted by atomic mass is 16.5. The van der Waals surface area contributed by atoms with Crippen molar-refractivity contribution in [2.24, 2.45) is 5.73 Å². The van der Waals surface area contributed by atoms with Gasteiger partial charge in [-0.1, -0.05) is 49.7 Å². The number of ether oxygens (including phenoxy) is 2. The Hall–Kier alpha value is -2.53. The van der Waals surface area contributed by atoms with Crippen molar-refractivity contribution in [2.75, 3.05) is 13.7 Å². The van der Waals surface area contributed by atoms with Crippen LogP contribution in [0, 0.1) is 0 Å². The van der Waals surface area contributed by atoms with E-state index in [0.717, 1.165) is 18.4 Å². The zero-order valence-electron chi connectivity index (χ0n) is 14.8. The number of rotatable bonds is 10. The summed E-state index contributed by atoms with van der Waals surface area (Å²) in [6, 6.07) is 16.4. The third-order valence-corrected chi connectivity index (χ3v) is 3.93. The first kappa shape index (κ1) is 18.8. The third kappa shape index (κ3) is 5.80. The zero-order chi connectivity index (χ0) is 18.1. The number of nitrogens with one attached hydrogen (secondary N) is 1. The fourth-order valence-electron chi connectivity index (χ4n) is 2.69. The van der Waals surface area contributed by atoms with Gasteiger partial charge in [-0.3, -0.25) is 4.79 Å². The molecule has 0 aliphatic heterocycles. The smallest absolute Gasteiger partial charge is 0.255 e. The molecule has 0 unspecified atom stereocenters. The van der Waals surface area contributed by atoms with E-state index in [-0.39, 0.29) is 6.61 Å². The molecular weight excluding hydrogens is 316 g/mol. The number of benzene rings is 2. The number of amides is 1. The molecule has 0 heterocycles. The standard InChI is InChI=1S/C20H26N2O3/c1-3-7-17(16-8-5-4-6-9-16)22-13-15-10-11-18(19(12-15)24-2)25-14-20(21)23/h4-6,8-12,17,22H,3,7,13-14H2,1-2H3,(H2,21,23)/t17-/m1/s1. The van der Waals surface area contributed by atoms with Crippen molar-refractivity contribution in [3.63, 3.8) is 0 Å². The summed E-state index contributed by atoms with van der Waals surface area (Å²) in [5.74, 6) is 0.587. The highest BCUT2D eigenvalue weighted by Crippen LogP contribution is 2.28. The SMILES string of the molecule is CCC[C@@H](NCc1ccc(OCC(N)=O)c(OC)c1)c1ccccc1. The van der Waals surface area contributed by atoms with E-state index >= 15 is 0 Å². The zero-order valence-corrected chi connectivity index (χ0v) is 14.8. The van der Waals surface area contributed by atoms with E-state index in [2.05, 4.69) is 36.5 Å². The van der Waals surface area contributed by atoms with E-state index in [1.165, 1.54) is 5.56 Å². The molecule has 1 atom stereocenters. The number of carbonyl (C=O) groups is 1. The molecule has 1 amide bonds. The van der Waals surface area contributed by atoms with Gasteiger partial charge in [0.1, 0.15) is 0 Å². The minimum Gasteiger partial charge on any atom is -0.493 e. The molecule has 3 N–H and O–H groups in total. The second kappa shape index (κ2) is 9.69. The first-order chi connectivity index (χ1) is 12.1. The minimum absolute atomic E-state index is 0.166. The van der Waals surface area contributed by atoms with Crippen molar-refractivity contribution >= 4 is 5.91 Å². The second-order valence-electron chi connectivity index (χ2n) is 5.87. The lowest BCUT2D eigenvalue weighted by Crippen LogP contribution is -2.21. The minimum atomic E-state index is -0.516. The molecule has 2 aromatic rings. The molecule has 0 radical (unpaired) electrons. The van der Waals surface area contributed by atoms with Gasteiger partial charge in [-0.2, -0.15) is 0 Å². The molecule has 0 spiro atoms. The van der Waals surface area contributed by atoms with Crippen molar-refractivity contribution in [1.82, 2.24) is 5.32 Å². The van der Waals surface area contributed by atoms with Gasteiger partial charge in [0.15, 0.2) is 18.1 Å². The maximum atomic E-state index is 10.9. The molecule has 0 saturated heterocycles. The molecule has 0 fully saturated rings. The summed E-state index contributed by atoms with van der Waals surface area (Å²) in [5, 5.41) is 3.60. The summed E-state index contributed by atoms with van der Waals surface area (Å²) in [5.41, 5.74) is 7.48. The molecule has 5 nitrogen and oxygen atoms in total. The Labute approximate surface area is 149 Å². The third-order valence-electron chi connectivity index (χ3n) is 3.93. The van der Waals surface area contributed by atoms with Crippen LogP contribution in [0.2, 0.25) is 0 Å². The Balaban J connectivity index is 2.04. The van der Waals surface area contributed by atoms with Crippen molar-refractivity contribution in [3.8, 4) is 11.5 Å². The summed E-state index contributed by atoms with van der Waals surface area (Å²) in [6.07, 6.45) is 2.18. The Morgan fingerprint density at radius 3 is 2.56 bits per heavy atom. The average molecular weight is 342 g/mol. The fraction of sp³-hybridized carbons (Fsp3) is 0.350. The van der Waals surface area contributed by atoms with E-state index in [1.54, 1.807) is 13.2 Å². The normalized spacial score (nSPS) is 11.8. The molecule has 0 bridgehead atoms. The van der Waals surface area contributed by atoms with Gasteiger partial charge in [-0.05, 0) is 29.7 Å². The summed E-state index contributed by atoms with van der Waals surface area (Å²) in [7, 11) is 1.58. The van der Waals surface area contributed by atoms with Crippen LogP contribution in [0.25, 0.3) is 0 Å². The van der Waals surface area contributed by atoms with Crippen LogP contribution in [0.5, 0.6) is 11.5 Å². The van der Waals surface area contributed by atoms with Gasteiger partial charge in [0, 0.05) is 12.6 Å². The van der Waals surface area contributed by atoms with E-state index in [4.69, 9.17) is 15.2 Å². The largest absolute Gasteiger partial charge is 0.493 e. The topological polar surface area (TPSA) is 73.6 Å². The monoisotopic (exact) mass is 342 g/mol. The highest BCUT2D eigenvalue weighted by molar-refractivity contribution is 5.75. The summed E-state index contributed by atoms with van der Waals surface area (Å²) >= 11 is 0. The average Bonchev–Trinajstić information content (AvgIpc) is 2.64. The maximum Gasteiger partial charge on any atom is 0.255 e. The summed E-state index contributed by atoms with van der Waals surface area (Å²) in [4.78, 5) is 10.9. The van der Waals surface area contributed by atoms with Gasteiger partial charge in [0.05, 0.1) is 7.11 Å². The van der Waals surface area contributed by atoms with Crippen LogP contribution in [0.3, 0.4) is 0 Å². The molecule has 0 aromatic heterocycles. The number of primary amides is 1. The van der Waals surface area contributed by atoms with Crippen LogP contribution in [0.1, 0.15) is 36.9 Å². The highest BCUT2D eigenvalue weighted by Gasteiger charge is 2.11. The molecule has 5 heteroatoms. The maximum absolute atomic E-state index is 10.9. The molecule has 0 saturated carbocycles. The lowest BCUT2D eigenvalue weighted by atomic mass is 10.0. The quantitative estimate of drug-likeness (QED) is 0.695. The van der Waals surface area contributed by atoms with Gasteiger partial charge in [0.2, 0.25) is 0 Å². The number of hydrogen-bond donors (Lipinski definition) is 2. The van der Waals surface area contributed by atoms with Crippen LogP contribution in [-0.4, -0.2) is 19.6 Å². The predicted octanol–water partition coefficient (Wildman–Crippen LogP) is 3.19. The van der Waals surface area contributed by atoms with Gasteiger partial charge in [-0.25, -0.2) is 0 Å². The Kier molecular flexibility index (Phi) is 7.29. The van der Waals surface area contributed by atoms with E-state index in [1.807, 2.05) is 18.2 Å². The summed E-state index contributed by atoms with van der Waals surface area (Å²) < 4.78 is 10.7. The number of nitrogens with two attached hydrogens (primary N) is 1. The lowest BCUT2D eigenvalue weighted by Gasteiger charge is -2.19. The van der Waals surface area contributed by atoms with Crippen molar-refractivity contribution in [1.29, 1.82) is 0 Å². The molecule has 134 valence electrons. The fourth-order valence-corrected chi connectivity index (χ4v) is 2.69. The van der Waals surface area contributed by atoms with Crippen LogP contribution in [0.4, 0.5) is 0 Å². The Morgan fingerprint density at radius 1 is 1.16 bits per heavy atom. The van der Waals surface area contributed by atoms with Gasteiger partial charge < -0.3 is 20.5 Å². The second-order valence-corrected chi connectivity index (χ2v) is 5.87. The summed E-state index contributed by atoms with van der Waals surface area (Å²) in [6.45, 7) is 2.73. The molecule has 25 heavy (non-hydrogen) atoms. The van der Waals surface area contributed by atoms with Crippen LogP contribution in [-0.2, 0) is 11.3 Å². The predicted molar refractivity (Wildman–Crippen MR) is 98.6 cm³/mol. The molecule has 0 aliphatic carbocycles. The Bertz CT molecular complexity index is 674. The van der Waals surface area contributed by atoms with E-state index in [0.29, 0.717) is 24.1 Å². The molecule has 2 rings (SSSR count). The lowest BCUT2D eigenvalue weighted by molar-refractivity contribution is -0.119. The number of carbonyl (C=O) groups excluding carboxylic acids is 1. The van der Waals surface area contributed by atoms with Crippen LogP contribution in [0.15, 0.2) is 48.5 Å². The van der Waals surface area contributed by atoms with Gasteiger partial charge in [0.25, 0.3) is 5.91 Å².